The summed E-state index contributed by atoms with van der Waals surface area (Å²) in [6, 6.07) is 15.0. The van der Waals surface area contributed by atoms with Crippen molar-refractivity contribution in [1.29, 1.82) is 0 Å². The molecule has 0 spiro atoms. The molecular weight excluding hydrogens is 370 g/mol. The van der Waals surface area contributed by atoms with E-state index in [9.17, 15) is 4.79 Å². The van der Waals surface area contributed by atoms with Crippen molar-refractivity contribution in [1.82, 2.24) is 0 Å². The third-order valence-electron chi connectivity index (χ3n) is 3.37. The first-order chi connectivity index (χ1) is 11.7. The van der Waals surface area contributed by atoms with Crippen LogP contribution < -0.4 is 4.74 Å². The van der Waals surface area contributed by atoms with Crippen LogP contribution in [0.5, 0.6) is 5.75 Å². The Kier molecular flexibility index (Phi) is 4.91. The van der Waals surface area contributed by atoms with Crippen LogP contribution in [0.15, 0.2) is 76.4 Å². The Morgan fingerprint density at radius 3 is 2.71 bits per heavy atom. The average Bonchev–Trinajstić information content (AvgIpc) is 2.96. The predicted molar refractivity (Wildman–Crippen MR) is 96.9 cm³/mol. The lowest BCUT2D eigenvalue weighted by Crippen LogP contribution is -2.06. The fraction of sp³-hybridized carbons (Fsp3) is 0.0526. The number of hydrogen-bond donors (Lipinski definition) is 0. The van der Waals surface area contributed by atoms with Crippen LogP contribution in [0.4, 0.5) is 0 Å². The zero-order chi connectivity index (χ0) is 16.9. The van der Waals surface area contributed by atoms with Gasteiger partial charge in [-0.2, -0.15) is 0 Å². The number of carbonyl (C=O) groups excluding carboxylic acids is 1. The second kappa shape index (κ2) is 7.27. The number of ether oxygens (including phenoxy) is 1. The Labute approximate surface area is 148 Å². The zero-order valence-electron chi connectivity index (χ0n) is 12.7. The Hall–Kier alpha value is -2.66. The standard InChI is InChI=1S/C19H14BrNO3/c1-2-10-23-17-9-8-13(12-16(17)20)11-15-18(21-24-19(15)22)14-6-4-3-5-7-14/h2-9,11-12H,1,10H2/b15-11-. The highest BCUT2D eigenvalue weighted by atomic mass is 79.9. The Morgan fingerprint density at radius 2 is 2.00 bits per heavy atom. The van der Waals surface area contributed by atoms with Gasteiger partial charge in [-0.05, 0) is 39.7 Å². The van der Waals surface area contributed by atoms with Crippen molar-refractivity contribution in [3.63, 3.8) is 0 Å². The van der Waals surface area contributed by atoms with Crippen LogP contribution in [-0.4, -0.2) is 18.3 Å². The summed E-state index contributed by atoms with van der Waals surface area (Å²) in [4.78, 5) is 16.8. The largest absolute Gasteiger partial charge is 0.488 e. The number of benzene rings is 2. The molecule has 0 radical (unpaired) electrons. The normalized spacial score (nSPS) is 15.1. The molecule has 2 aromatic rings. The molecule has 2 aromatic carbocycles. The van der Waals surface area contributed by atoms with Gasteiger partial charge in [-0.1, -0.05) is 54.2 Å². The van der Waals surface area contributed by atoms with Crippen LogP contribution in [0.1, 0.15) is 11.1 Å². The van der Waals surface area contributed by atoms with Crippen LogP contribution in [0.2, 0.25) is 0 Å². The maximum absolute atomic E-state index is 12.0. The molecule has 0 saturated heterocycles. The van der Waals surface area contributed by atoms with Gasteiger partial charge < -0.3 is 9.57 Å². The molecule has 0 unspecified atom stereocenters. The first-order valence-electron chi connectivity index (χ1n) is 7.29. The van der Waals surface area contributed by atoms with Gasteiger partial charge in [0.15, 0.2) is 0 Å². The highest BCUT2D eigenvalue weighted by molar-refractivity contribution is 9.10. The van der Waals surface area contributed by atoms with Gasteiger partial charge in [0.2, 0.25) is 0 Å². The maximum atomic E-state index is 12.0. The smallest absolute Gasteiger partial charge is 0.368 e. The minimum Gasteiger partial charge on any atom is -0.488 e. The van der Waals surface area contributed by atoms with E-state index < -0.39 is 5.97 Å². The van der Waals surface area contributed by atoms with E-state index in [1.54, 1.807) is 12.2 Å². The number of oxime groups is 1. The summed E-state index contributed by atoms with van der Waals surface area (Å²) >= 11 is 3.47. The summed E-state index contributed by atoms with van der Waals surface area (Å²) in [7, 11) is 0. The van der Waals surface area contributed by atoms with Gasteiger partial charge in [0, 0.05) is 5.56 Å². The van der Waals surface area contributed by atoms with Crippen LogP contribution in [0.3, 0.4) is 0 Å². The first-order valence-corrected chi connectivity index (χ1v) is 8.08. The lowest BCUT2D eigenvalue weighted by atomic mass is 10.0. The Morgan fingerprint density at radius 1 is 1.21 bits per heavy atom. The van der Waals surface area contributed by atoms with E-state index in [2.05, 4.69) is 27.7 Å². The summed E-state index contributed by atoms with van der Waals surface area (Å²) < 4.78 is 6.32. The highest BCUT2D eigenvalue weighted by Gasteiger charge is 2.26. The predicted octanol–water partition coefficient (Wildman–Crippen LogP) is 4.36. The van der Waals surface area contributed by atoms with E-state index in [1.165, 1.54) is 0 Å². The van der Waals surface area contributed by atoms with E-state index in [4.69, 9.17) is 9.57 Å². The highest BCUT2D eigenvalue weighted by Crippen LogP contribution is 2.28. The number of rotatable bonds is 5. The summed E-state index contributed by atoms with van der Waals surface area (Å²) in [5.41, 5.74) is 2.63. The lowest BCUT2D eigenvalue weighted by Gasteiger charge is -2.07. The van der Waals surface area contributed by atoms with Gasteiger partial charge in [0.1, 0.15) is 18.1 Å². The third-order valence-corrected chi connectivity index (χ3v) is 3.99. The summed E-state index contributed by atoms with van der Waals surface area (Å²) in [5, 5.41) is 3.90. The Bertz CT molecular complexity index is 841. The van der Waals surface area contributed by atoms with Crippen molar-refractivity contribution in [3.8, 4) is 5.75 Å². The van der Waals surface area contributed by atoms with Crippen molar-refractivity contribution in [2.75, 3.05) is 6.61 Å². The molecule has 0 atom stereocenters. The molecule has 0 saturated carbocycles. The number of carbonyl (C=O) groups is 1. The van der Waals surface area contributed by atoms with Gasteiger partial charge in [-0.15, -0.1) is 0 Å². The summed E-state index contributed by atoms with van der Waals surface area (Å²) in [5.74, 6) is 0.250. The topological polar surface area (TPSA) is 47.9 Å². The second-order valence-electron chi connectivity index (χ2n) is 5.03. The van der Waals surface area contributed by atoms with Crippen LogP contribution in [0.25, 0.3) is 6.08 Å². The zero-order valence-corrected chi connectivity index (χ0v) is 14.3. The van der Waals surface area contributed by atoms with Gasteiger partial charge in [-0.25, -0.2) is 4.79 Å². The van der Waals surface area contributed by atoms with Crippen LogP contribution >= 0.6 is 15.9 Å². The molecule has 120 valence electrons. The molecule has 0 aromatic heterocycles. The number of nitrogens with zero attached hydrogens (tertiary/aromatic N) is 1. The third kappa shape index (κ3) is 3.46. The van der Waals surface area contributed by atoms with Gasteiger partial charge >= 0.3 is 5.97 Å². The summed E-state index contributed by atoms with van der Waals surface area (Å²) in [6.45, 7) is 4.05. The monoisotopic (exact) mass is 383 g/mol. The Balaban J connectivity index is 1.92. The van der Waals surface area contributed by atoms with Gasteiger partial charge in [0.25, 0.3) is 0 Å². The van der Waals surface area contributed by atoms with Crippen LogP contribution in [0, 0.1) is 0 Å². The average molecular weight is 384 g/mol. The van der Waals surface area contributed by atoms with Crippen molar-refractivity contribution < 1.29 is 14.4 Å². The minimum absolute atomic E-state index is 0.424. The van der Waals surface area contributed by atoms with E-state index in [0.29, 0.717) is 23.6 Å². The SMILES string of the molecule is C=CCOc1ccc(/C=C2\C(=O)ON=C2c2ccccc2)cc1Br. The molecule has 0 bridgehead atoms. The molecule has 1 heterocycles. The van der Waals surface area contributed by atoms with E-state index in [-0.39, 0.29) is 0 Å². The summed E-state index contributed by atoms with van der Waals surface area (Å²) in [6.07, 6.45) is 3.43. The quantitative estimate of drug-likeness (QED) is 0.437. The van der Waals surface area contributed by atoms with Crippen molar-refractivity contribution >= 4 is 33.7 Å². The lowest BCUT2D eigenvalue weighted by molar-refractivity contribution is -0.136. The second-order valence-corrected chi connectivity index (χ2v) is 5.89. The molecular formula is C19H14BrNO3. The van der Waals surface area contributed by atoms with Crippen molar-refractivity contribution in [2.24, 2.45) is 5.16 Å². The van der Waals surface area contributed by atoms with Gasteiger partial charge in [0.05, 0.1) is 10.0 Å². The molecule has 1 aliphatic heterocycles. The molecule has 24 heavy (non-hydrogen) atoms. The fourth-order valence-corrected chi connectivity index (χ4v) is 2.76. The number of halogens is 1. The van der Waals surface area contributed by atoms with E-state index in [0.717, 1.165) is 15.6 Å². The maximum Gasteiger partial charge on any atom is 0.368 e. The van der Waals surface area contributed by atoms with Crippen LogP contribution in [-0.2, 0) is 9.63 Å². The molecule has 0 aliphatic carbocycles. The molecule has 4 nitrogen and oxygen atoms in total. The molecule has 0 amide bonds. The molecule has 0 fully saturated rings. The van der Waals surface area contributed by atoms with E-state index >= 15 is 0 Å². The minimum atomic E-state index is -0.461. The van der Waals surface area contributed by atoms with Gasteiger partial charge in [-0.3, -0.25) is 0 Å². The first kappa shape index (κ1) is 16.2. The van der Waals surface area contributed by atoms with E-state index in [1.807, 2.05) is 48.5 Å². The fourth-order valence-electron chi connectivity index (χ4n) is 2.25. The molecule has 1 aliphatic rings. The molecule has 5 heteroatoms. The molecule has 3 rings (SSSR count). The van der Waals surface area contributed by atoms with Crippen molar-refractivity contribution in [3.05, 3.63) is 82.4 Å². The van der Waals surface area contributed by atoms with Crippen molar-refractivity contribution in [2.45, 2.75) is 0 Å². The molecule has 0 N–H and O–H groups in total. The number of hydrogen-bond acceptors (Lipinski definition) is 4.